The van der Waals surface area contributed by atoms with Crippen molar-refractivity contribution >= 4 is 29.1 Å². The van der Waals surface area contributed by atoms with E-state index in [1.165, 1.54) is 0 Å². The Morgan fingerprint density at radius 2 is 1.66 bits per heavy atom. The van der Waals surface area contributed by atoms with E-state index in [1.54, 1.807) is 53.7 Å². The minimum absolute atomic E-state index is 0.0340. The molecule has 164 valence electrons. The highest BCUT2D eigenvalue weighted by atomic mass is 35.5. The van der Waals surface area contributed by atoms with E-state index in [2.05, 4.69) is 15.2 Å². The van der Waals surface area contributed by atoms with Crippen LogP contribution in [-0.2, 0) is 4.79 Å². The largest absolute Gasteiger partial charge is 0.456 e. The molecule has 7 nitrogen and oxygen atoms in total. The van der Waals surface area contributed by atoms with Gasteiger partial charge in [-0.05, 0) is 60.7 Å². The van der Waals surface area contributed by atoms with Crippen LogP contribution < -0.4 is 15.0 Å². The number of pyridine rings is 1. The smallest absolute Gasteiger partial charge is 0.251 e. The Hall–Kier alpha value is -3.58. The maximum Gasteiger partial charge on any atom is 0.251 e. The summed E-state index contributed by atoms with van der Waals surface area (Å²) in [5.41, 5.74) is 1.55. The number of ether oxygens (including phenoxy) is 1. The summed E-state index contributed by atoms with van der Waals surface area (Å²) in [5, 5.41) is 3.41. The number of nitrogens with one attached hydrogen (secondary N) is 1. The SMILES string of the molecule is O=C(NCC(=O)N1CCN(c2ccc(Cl)cc2)CC1)c1ccc(Oc2cccnc2)cc1. The Labute approximate surface area is 191 Å². The number of hydrogen-bond acceptors (Lipinski definition) is 5. The van der Waals surface area contributed by atoms with Crippen molar-refractivity contribution in [3.05, 3.63) is 83.6 Å². The second-order valence-electron chi connectivity index (χ2n) is 7.34. The summed E-state index contributed by atoms with van der Waals surface area (Å²) >= 11 is 5.95. The molecule has 1 fully saturated rings. The van der Waals surface area contributed by atoms with Crippen molar-refractivity contribution in [2.45, 2.75) is 0 Å². The molecule has 1 aliphatic rings. The zero-order valence-corrected chi connectivity index (χ0v) is 18.2. The quantitative estimate of drug-likeness (QED) is 0.621. The lowest BCUT2D eigenvalue weighted by Gasteiger charge is -2.36. The summed E-state index contributed by atoms with van der Waals surface area (Å²) in [7, 11) is 0. The average Bonchev–Trinajstić information content (AvgIpc) is 2.84. The number of nitrogens with zero attached hydrogens (tertiary/aromatic N) is 3. The zero-order valence-electron chi connectivity index (χ0n) is 17.4. The van der Waals surface area contributed by atoms with Crippen LogP contribution in [0, 0.1) is 0 Å². The highest BCUT2D eigenvalue weighted by molar-refractivity contribution is 6.30. The fraction of sp³-hybridized carbons (Fsp3) is 0.208. The monoisotopic (exact) mass is 450 g/mol. The molecule has 0 saturated carbocycles. The summed E-state index contributed by atoms with van der Waals surface area (Å²) < 4.78 is 5.67. The van der Waals surface area contributed by atoms with E-state index in [-0.39, 0.29) is 18.4 Å². The number of carbonyl (C=O) groups is 2. The van der Waals surface area contributed by atoms with Crippen molar-refractivity contribution in [2.24, 2.45) is 0 Å². The number of rotatable bonds is 6. The van der Waals surface area contributed by atoms with Crippen LogP contribution >= 0.6 is 11.6 Å². The number of anilines is 1. The maximum atomic E-state index is 12.5. The van der Waals surface area contributed by atoms with Gasteiger partial charge in [0.2, 0.25) is 5.91 Å². The summed E-state index contributed by atoms with van der Waals surface area (Å²) in [6, 6.07) is 18.0. The second-order valence-corrected chi connectivity index (χ2v) is 7.78. The van der Waals surface area contributed by atoms with Crippen LogP contribution in [0.4, 0.5) is 5.69 Å². The molecule has 3 aromatic rings. The standard InChI is InChI=1S/C24H23ClN4O3/c25-19-5-7-20(8-6-19)28-12-14-29(15-13-28)23(30)17-27-24(31)18-3-9-21(10-4-18)32-22-2-1-11-26-16-22/h1-11,16H,12-15,17H2,(H,27,31). The molecule has 0 radical (unpaired) electrons. The molecule has 2 aromatic carbocycles. The Balaban J connectivity index is 1.23. The van der Waals surface area contributed by atoms with Gasteiger partial charge in [0, 0.05) is 48.6 Å². The molecular formula is C24H23ClN4O3. The van der Waals surface area contributed by atoms with Gasteiger partial charge >= 0.3 is 0 Å². The lowest BCUT2D eigenvalue weighted by Crippen LogP contribution is -2.51. The van der Waals surface area contributed by atoms with Gasteiger partial charge < -0.3 is 19.9 Å². The predicted octanol–water partition coefficient (Wildman–Crippen LogP) is 3.61. The molecule has 1 saturated heterocycles. The van der Waals surface area contributed by atoms with Crippen LogP contribution in [0.15, 0.2) is 73.1 Å². The summed E-state index contributed by atoms with van der Waals surface area (Å²) in [5.74, 6) is 0.826. The minimum Gasteiger partial charge on any atom is -0.456 e. The van der Waals surface area contributed by atoms with E-state index >= 15 is 0 Å². The normalized spacial score (nSPS) is 13.5. The molecule has 2 amide bonds. The third kappa shape index (κ3) is 5.56. The van der Waals surface area contributed by atoms with Crippen molar-refractivity contribution in [1.82, 2.24) is 15.2 Å². The van der Waals surface area contributed by atoms with E-state index < -0.39 is 0 Å². The van der Waals surface area contributed by atoms with Gasteiger partial charge in [-0.15, -0.1) is 0 Å². The van der Waals surface area contributed by atoms with Crippen LogP contribution in [0.2, 0.25) is 5.02 Å². The fourth-order valence-corrected chi connectivity index (χ4v) is 3.58. The first-order valence-electron chi connectivity index (χ1n) is 10.3. The van der Waals surface area contributed by atoms with Crippen molar-refractivity contribution in [2.75, 3.05) is 37.6 Å². The van der Waals surface area contributed by atoms with Crippen LogP contribution in [0.3, 0.4) is 0 Å². The molecule has 0 unspecified atom stereocenters. The van der Waals surface area contributed by atoms with Gasteiger partial charge in [0.15, 0.2) is 0 Å². The van der Waals surface area contributed by atoms with Gasteiger partial charge in [-0.2, -0.15) is 0 Å². The van der Waals surface area contributed by atoms with Gasteiger partial charge in [-0.1, -0.05) is 11.6 Å². The third-order valence-corrected chi connectivity index (χ3v) is 5.46. The Kier molecular flexibility index (Phi) is 6.87. The fourth-order valence-electron chi connectivity index (χ4n) is 3.45. The number of piperazine rings is 1. The molecular weight excluding hydrogens is 428 g/mol. The molecule has 1 N–H and O–H groups in total. The number of amides is 2. The van der Waals surface area contributed by atoms with Crippen molar-refractivity contribution in [3.8, 4) is 11.5 Å². The average molecular weight is 451 g/mol. The summed E-state index contributed by atoms with van der Waals surface area (Å²) in [6.07, 6.45) is 3.28. The van der Waals surface area contributed by atoms with Crippen molar-refractivity contribution < 1.29 is 14.3 Å². The van der Waals surface area contributed by atoms with Gasteiger partial charge in [0.05, 0.1) is 12.7 Å². The minimum atomic E-state index is -0.300. The topological polar surface area (TPSA) is 74.8 Å². The van der Waals surface area contributed by atoms with E-state index in [4.69, 9.17) is 16.3 Å². The van der Waals surface area contributed by atoms with E-state index in [0.717, 1.165) is 18.8 Å². The first kappa shape index (κ1) is 21.6. The number of hydrogen-bond donors (Lipinski definition) is 1. The zero-order chi connectivity index (χ0) is 22.3. The number of halogens is 1. The van der Waals surface area contributed by atoms with E-state index in [0.29, 0.717) is 35.2 Å². The number of benzene rings is 2. The van der Waals surface area contributed by atoms with Crippen LogP contribution in [0.25, 0.3) is 0 Å². The number of carbonyl (C=O) groups excluding carboxylic acids is 2. The Bertz CT molecular complexity index is 1050. The first-order chi connectivity index (χ1) is 15.6. The molecule has 32 heavy (non-hydrogen) atoms. The molecule has 0 spiro atoms. The van der Waals surface area contributed by atoms with Crippen LogP contribution in [0.1, 0.15) is 10.4 Å². The number of aromatic nitrogens is 1. The van der Waals surface area contributed by atoms with E-state index in [1.807, 2.05) is 24.3 Å². The third-order valence-electron chi connectivity index (χ3n) is 5.21. The molecule has 4 rings (SSSR count). The highest BCUT2D eigenvalue weighted by Gasteiger charge is 2.21. The second kappa shape index (κ2) is 10.2. The lowest BCUT2D eigenvalue weighted by molar-refractivity contribution is -0.130. The lowest BCUT2D eigenvalue weighted by atomic mass is 10.2. The van der Waals surface area contributed by atoms with Crippen LogP contribution in [0.5, 0.6) is 11.5 Å². The van der Waals surface area contributed by atoms with E-state index in [9.17, 15) is 9.59 Å². The van der Waals surface area contributed by atoms with Gasteiger partial charge in [-0.3, -0.25) is 14.6 Å². The Morgan fingerprint density at radius 3 is 2.31 bits per heavy atom. The van der Waals surface area contributed by atoms with Crippen molar-refractivity contribution in [1.29, 1.82) is 0 Å². The molecule has 1 aromatic heterocycles. The molecule has 0 bridgehead atoms. The molecule has 0 aliphatic carbocycles. The van der Waals surface area contributed by atoms with Gasteiger partial charge in [0.1, 0.15) is 11.5 Å². The highest BCUT2D eigenvalue weighted by Crippen LogP contribution is 2.21. The maximum absolute atomic E-state index is 12.5. The molecule has 2 heterocycles. The summed E-state index contributed by atoms with van der Waals surface area (Å²) in [6.45, 7) is 2.66. The van der Waals surface area contributed by atoms with Crippen LogP contribution in [-0.4, -0.2) is 54.4 Å². The Morgan fingerprint density at radius 1 is 0.938 bits per heavy atom. The molecule has 0 atom stereocenters. The van der Waals surface area contributed by atoms with Crippen molar-refractivity contribution in [3.63, 3.8) is 0 Å². The van der Waals surface area contributed by atoms with Gasteiger partial charge in [0.25, 0.3) is 5.91 Å². The summed E-state index contributed by atoms with van der Waals surface area (Å²) in [4.78, 5) is 32.9. The van der Waals surface area contributed by atoms with Gasteiger partial charge in [-0.25, -0.2) is 0 Å². The molecule has 1 aliphatic heterocycles. The first-order valence-corrected chi connectivity index (χ1v) is 10.7. The molecule has 8 heteroatoms. The predicted molar refractivity (Wildman–Crippen MR) is 123 cm³/mol.